The van der Waals surface area contributed by atoms with Crippen molar-refractivity contribution < 1.29 is 13.7 Å². The number of aromatic nitrogens is 1. The Morgan fingerprint density at radius 2 is 2.27 bits per heavy atom. The van der Waals surface area contributed by atoms with Crippen LogP contribution in [0.5, 0.6) is 0 Å². The molecule has 0 unspecified atom stereocenters. The fourth-order valence-corrected chi connectivity index (χ4v) is 3.55. The Balaban J connectivity index is 1.46. The summed E-state index contributed by atoms with van der Waals surface area (Å²) in [6.07, 6.45) is 6.07. The summed E-state index contributed by atoms with van der Waals surface area (Å²) in [6, 6.07) is 3.70. The van der Waals surface area contributed by atoms with Crippen LogP contribution in [0.15, 0.2) is 27.3 Å². The predicted octanol–water partition coefficient (Wildman–Crippen LogP) is 3.04. The third kappa shape index (κ3) is 3.55. The molecule has 5 nitrogen and oxygen atoms in total. The van der Waals surface area contributed by atoms with Crippen molar-refractivity contribution in [2.45, 2.75) is 38.0 Å². The maximum atomic E-state index is 12.1. The lowest BCUT2D eigenvalue weighted by Crippen LogP contribution is -2.27. The lowest BCUT2D eigenvalue weighted by molar-refractivity contribution is -0.127. The summed E-state index contributed by atoms with van der Waals surface area (Å²) in [5, 5.41) is 4.16. The standard InChI is InChI=1S/C16H20N2O3S/c1-18(9-12-5-4-8-20-12)16(19)11-22-10-14-13-6-2-3-7-15(13)21-17-14/h4-5,8H,2-3,6-7,9-11H2,1H3. The van der Waals surface area contributed by atoms with Crippen LogP contribution < -0.4 is 0 Å². The summed E-state index contributed by atoms with van der Waals surface area (Å²) in [4.78, 5) is 13.8. The van der Waals surface area contributed by atoms with Gasteiger partial charge in [-0.15, -0.1) is 11.8 Å². The van der Waals surface area contributed by atoms with Gasteiger partial charge in [0.2, 0.25) is 5.91 Å². The zero-order chi connectivity index (χ0) is 15.4. The molecule has 0 aromatic carbocycles. The number of rotatable bonds is 6. The average molecular weight is 320 g/mol. The smallest absolute Gasteiger partial charge is 0.232 e. The molecule has 2 heterocycles. The summed E-state index contributed by atoms with van der Waals surface area (Å²) in [5.74, 6) is 3.12. The van der Waals surface area contributed by atoms with Crippen molar-refractivity contribution in [1.29, 1.82) is 0 Å². The largest absolute Gasteiger partial charge is 0.467 e. The van der Waals surface area contributed by atoms with E-state index in [2.05, 4.69) is 5.16 Å². The molecule has 2 aromatic heterocycles. The molecule has 0 saturated carbocycles. The normalized spacial score (nSPS) is 13.9. The molecule has 0 spiro atoms. The minimum absolute atomic E-state index is 0.0961. The van der Waals surface area contributed by atoms with E-state index in [1.165, 1.54) is 18.4 Å². The molecule has 0 radical (unpaired) electrons. The van der Waals surface area contributed by atoms with Gasteiger partial charge in [-0.2, -0.15) is 0 Å². The minimum Gasteiger partial charge on any atom is -0.467 e. The molecular weight excluding hydrogens is 300 g/mol. The van der Waals surface area contributed by atoms with Gasteiger partial charge in [-0.1, -0.05) is 5.16 Å². The van der Waals surface area contributed by atoms with Crippen molar-refractivity contribution >= 4 is 17.7 Å². The van der Waals surface area contributed by atoms with Crippen molar-refractivity contribution in [1.82, 2.24) is 10.1 Å². The van der Waals surface area contributed by atoms with Crippen molar-refractivity contribution in [2.75, 3.05) is 12.8 Å². The lowest BCUT2D eigenvalue weighted by atomic mass is 9.97. The number of hydrogen-bond acceptors (Lipinski definition) is 5. The molecule has 118 valence electrons. The Labute approximate surface area is 134 Å². The van der Waals surface area contributed by atoms with Gasteiger partial charge in [0.05, 0.1) is 24.3 Å². The highest BCUT2D eigenvalue weighted by molar-refractivity contribution is 7.99. The highest BCUT2D eigenvalue weighted by Crippen LogP contribution is 2.26. The number of carbonyl (C=O) groups is 1. The Hall–Kier alpha value is -1.69. The molecular formula is C16H20N2O3S. The van der Waals surface area contributed by atoms with Gasteiger partial charge in [-0.05, 0) is 31.4 Å². The Morgan fingerprint density at radius 3 is 3.09 bits per heavy atom. The molecule has 0 atom stereocenters. The van der Waals surface area contributed by atoms with Crippen LogP contribution in [-0.4, -0.2) is 28.8 Å². The highest BCUT2D eigenvalue weighted by Gasteiger charge is 2.19. The zero-order valence-corrected chi connectivity index (χ0v) is 13.5. The number of carbonyl (C=O) groups excluding carboxylic acids is 1. The molecule has 1 aliphatic carbocycles. The van der Waals surface area contributed by atoms with Gasteiger partial charge in [-0.3, -0.25) is 4.79 Å². The van der Waals surface area contributed by atoms with Crippen LogP contribution in [0.3, 0.4) is 0 Å². The quantitative estimate of drug-likeness (QED) is 0.819. The molecule has 1 amide bonds. The SMILES string of the molecule is CN(Cc1ccco1)C(=O)CSCc1noc2c1CCCC2. The highest BCUT2D eigenvalue weighted by atomic mass is 32.2. The Morgan fingerprint density at radius 1 is 1.41 bits per heavy atom. The summed E-state index contributed by atoms with van der Waals surface area (Å²) >= 11 is 1.59. The summed E-state index contributed by atoms with van der Waals surface area (Å²) < 4.78 is 10.6. The monoisotopic (exact) mass is 320 g/mol. The van der Waals surface area contributed by atoms with Crippen LogP contribution in [0.25, 0.3) is 0 Å². The van der Waals surface area contributed by atoms with Crippen molar-refractivity contribution in [3.8, 4) is 0 Å². The Kier molecular flexibility index (Phi) is 4.87. The van der Waals surface area contributed by atoms with Crippen molar-refractivity contribution in [3.63, 3.8) is 0 Å². The van der Waals surface area contributed by atoms with E-state index in [1.807, 2.05) is 12.1 Å². The number of hydrogen-bond donors (Lipinski definition) is 0. The third-order valence-corrected chi connectivity index (χ3v) is 4.82. The molecule has 0 bridgehead atoms. The second kappa shape index (κ2) is 7.05. The zero-order valence-electron chi connectivity index (χ0n) is 12.7. The first kappa shape index (κ1) is 15.2. The number of fused-ring (bicyclic) bond motifs is 1. The Bertz CT molecular complexity index is 621. The fourth-order valence-electron chi connectivity index (χ4n) is 2.63. The predicted molar refractivity (Wildman–Crippen MR) is 84.5 cm³/mol. The fraction of sp³-hybridized carbons (Fsp3) is 0.500. The first-order valence-corrected chi connectivity index (χ1v) is 8.70. The molecule has 0 saturated heterocycles. The van der Waals surface area contributed by atoms with E-state index in [1.54, 1.807) is 30.0 Å². The van der Waals surface area contributed by atoms with Crippen LogP contribution in [0.2, 0.25) is 0 Å². The summed E-state index contributed by atoms with van der Waals surface area (Å²) in [5.41, 5.74) is 2.29. The maximum Gasteiger partial charge on any atom is 0.232 e. The van der Waals surface area contributed by atoms with Gasteiger partial charge in [0.15, 0.2) is 0 Å². The minimum atomic E-state index is 0.0961. The van der Waals surface area contributed by atoms with Crippen molar-refractivity contribution in [3.05, 3.63) is 41.2 Å². The molecule has 22 heavy (non-hydrogen) atoms. The van der Waals surface area contributed by atoms with Crippen LogP contribution in [-0.2, 0) is 29.9 Å². The number of furan rings is 1. The maximum absolute atomic E-state index is 12.1. The summed E-state index contributed by atoms with van der Waals surface area (Å²) in [6.45, 7) is 0.506. The van der Waals surface area contributed by atoms with Crippen LogP contribution >= 0.6 is 11.8 Å². The third-order valence-electron chi connectivity index (χ3n) is 3.89. The number of thioether (sulfide) groups is 1. The van der Waals surface area contributed by atoms with Crippen molar-refractivity contribution in [2.24, 2.45) is 0 Å². The molecule has 1 aliphatic rings. The summed E-state index contributed by atoms with van der Waals surface area (Å²) in [7, 11) is 1.80. The van der Waals surface area contributed by atoms with Gasteiger partial charge in [0.25, 0.3) is 0 Å². The van der Waals surface area contributed by atoms with Crippen LogP contribution in [0, 0.1) is 0 Å². The first-order chi connectivity index (χ1) is 10.7. The van der Waals surface area contributed by atoms with Crippen LogP contribution in [0.4, 0.5) is 0 Å². The topological polar surface area (TPSA) is 59.5 Å². The molecule has 0 aliphatic heterocycles. The first-order valence-electron chi connectivity index (χ1n) is 7.54. The lowest BCUT2D eigenvalue weighted by Gasteiger charge is -2.15. The molecule has 2 aromatic rings. The van der Waals surface area contributed by atoms with E-state index in [-0.39, 0.29) is 5.91 Å². The van der Waals surface area contributed by atoms with E-state index in [0.717, 1.165) is 35.8 Å². The van der Waals surface area contributed by atoms with E-state index in [0.29, 0.717) is 12.3 Å². The second-order valence-electron chi connectivity index (χ2n) is 5.56. The number of aryl methyl sites for hydroxylation is 1. The van der Waals surface area contributed by atoms with Gasteiger partial charge in [0, 0.05) is 24.8 Å². The van der Waals surface area contributed by atoms with Gasteiger partial charge in [0.1, 0.15) is 11.5 Å². The average Bonchev–Trinajstić information content (AvgIpc) is 3.17. The van der Waals surface area contributed by atoms with E-state index in [4.69, 9.17) is 8.94 Å². The van der Waals surface area contributed by atoms with E-state index >= 15 is 0 Å². The number of amides is 1. The van der Waals surface area contributed by atoms with Gasteiger partial charge in [-0.25, -0.2) is 0 Å². The van der Waals surface area contributed by atoms with Gasteiger partial charge >= 0.3 is 0 Å². The molecule has 6 heteroatoms. The molecule has 0 fully saturated rings. The van der Waals surface area contributed by atoms with Gasteiger partial charge < -0.3 is 13.8 Å². The molecule has 0 N–H and O–H groups in total. The molecule has 3 rings (SSSR count). The second-order valence-corrected chi connectivity index (χ2v) is 6.55. The number of nitrogens with zero attached hydrogens (tertiary/aromatic N) is 2. The van der Waals surface area contributed by atoms with E-state index < -0.39 is 0 Å². The van der Waals surface area contributed by atoms with Crippen LogP contribution in [0.1, 0.15) is 35.6 Å². The van der Waals surface area contributed by atoms with E-state index in [9.17, 15) is 4.79 Å².